The Balaban J connectivity index is 1.70. The number of rotatable bonds is 6. The minimum absolute atomic E-state index is 0.0437. The Morgan fingerprint density at radius 1 is 1.35 bits per heavy atom. The smallest absolute Gasteiger partial charge is 0.238 e. The van der Waals surface area contributed by atoms with Crippen molar-refractivity contribution in [3.8, 4) is 5.75 Å². The summed E-state index contributed by atoms with van der Waals surface area (Å²) in [5.41, 5.74) is 1.05. The second kappa shape index (κ2) is 5.83. The van der Waals surface area contributed by atoms with E-state index in [1.165, 1.54) is 19.3 Å². The zero-order valence-corrected chi connectivity index (χ0v) is 12.0. The molecule has 1 aromatic carbocycles. The van der Waals surface area contributed by atoms with Crippen LogP contribution in [-0.4, -0.2) is 31.0 Å². The Labute approximate surface area is 120 Å². The molecule has 1 aromatic rings. The first-order chi connectivity index (χ1) is 9.79. The SMILES string of the molecule is COc1ccccc1C1NCC(=O)N1CCCC1CC1. The zero-order chi connectivity index (χ0) is 13.9. The molecular formula is C16H22N2O2. The topological polar surface area (TPSA) is 41.6 Å². The lowest BCUT2D eigenvalue weighted by atomic mass is 10.1. The van der Waals surface area contributed by atoms with Gasteiger partial charge in [-0.2, -0.15) is 0 Å². The van der Waals surface area contributed by atoms with Crippen LogP contribution in [0.2, 0.25) is 0 Å². The summed E-state index contributed by atoms with van der Waals surface area (Å²) in [5, 5.41) is 3.30. The fourth-order valence-electron chi connectivity index (χ4n) is 2.92. The Morgan fingerprint density at radius 2 is 2.15 bits per heavy atom. The lowest BCUT2D eigenvalue weighted by molar-refractivity contribution is -0.128. The number of methoxy groups -OCH3 is 1. The normalized spacial score (nSPS) is 22.4. The van der Waals surface area contributed by atoms with Crippen LogP contribution < -0.4 is 10.1 Å². The van der Waals surface area contributed by atoms with E-state index in [-0.39, 0.29) is 12.1 Å². The van der Waals surface area contributed by atoms with Gasteiger partial charge in [-0.3, -0.25) is 10.1 Å². The maximum atomic E-state index is 12.1. The summed E-state index contributed by atoms with van der Waals surface area (Å²) in [5.74, 6) is 1.95. The lowest BCUT2D eigenvalue weighted by Crippen LogP contribution is -2.31. The van der Waals surface area contributed by atoms with Crippen LogP contribution in [-0.2, 0) is 4.79 Å². The molecule has 1 amide bonds. The largest absolute Gasteiger partial charge is 0.496 e. The molecule has 3 rings (SSSR count). The third-order valence-corrected chi connectivity index (χ3v) is 4.22. The number of carbonyl (C=O) groups is 1. The van der Waals surface area contributed by atoms with Gasteiger partial charge in [-0.25, -0.2) is 0 Å². The molecule has 20 heavy (non-hydrogen) atoms. The van der Waals surface area contributed by atoms with E-state index in [4.69, 9.17) is 4.74 Å². The fourth-order valence-corrected chi connectivity index (χ4v) is 2.92. The highest BCUT2D eigenvalue weighted by atomic mass is 16.5. The van der Waals surface area contributed by atoms with Crippen LogP contribution in [0.15, 0.2) is 24.3 Å². The monoisotopic (exact) mass is 274 g/mol. The van der Waals surface area contributed by atoms with Gasteiger partial charge in [0, 0.05) is 12.1 Å². The first kappa shape index (κ1) is 13.4. The van der Waals surface area contributed by atoms with Crippen molar-refractivity contribution in [3.63, 3.8) is 0 Å². The molecule has 1 atom stereocenters. The van der Waals surface area contributed by atoms with Gasteiger partial charge < -0.3 is 9.64 Å². The van der Waals surface area contributed by atoms with E-state index in [9.17, 15) is 4.79 Å². The van der Waals surface area contributed by atoms with Crippen molar-refractivity contribution in [2.24, 2.45) is 5.92 Å². The standard InChI is InChI=1S/C16H22N2O2/c1-20-14-7-3-2-6-13(14)16-17-11-15(19)18(16)10-4-5-12-8-9-12/h2-3,6-7,12,16-17H,4-5,8-11H2,1H3. The highest BCUT2D eigenvalue weighted by molar-refractivity contribution is 5.81. The number of para-hydroxylation sites is 1. The van der Waals surface area contributed by atoms with E-state index < -0.39 is 0 Å². The molecule has 0 aromatic heterocycles. The van der Waals surface area contributed by atoms with Crippen molar-refractivity contribution in [1.29, 1.82) is 0 Å². The summed E-state index contributed by atoms with van der Waals surface area (Å²) in [6, 6.07) is 7.92. The summed E-state index contributed by atoms with van der Waals surface area (Å²) in [6.45, 7) is 1.26. The number of carbonyl (C=O) groups excluding carboxylic acids is 1. The average molecular weight is 274 g/mol. The van der Waals surface area contributed by atoms with Crippen molar-refractivity contribution in [2.45, 2.75) is 31.8 Å². The maximum Gasteiger partial charge on any atom is 0.238 e. The number of amides is 1. The van der Waals surface area contributed by atoms with Crippen LogP contribution in [0.1, 0.15) is 37.4 Å². The Morgan fingerprint density at radius 3 is 2.90 bits per heavy atom. The second-order valence-corrected chi connectivity index (χ2v) is 5.70. The fraction of sp³-hybridized carbons (Fsp3) is 0.562. The van der Waals surface area contributed by atoms with E-state index in [1.807, 2.05) is 29.2 Å². The minimum atomic E-state index is -0.0437. The molecule has 1 aliphatic carbocycles. The molecule has 2 aliphatic rings. The lowest BCUT2D eigenvalue weighted by Gasteiger charge is -2.26. The van der Waals surface area contributed by atoms with Gasteiger partial charge in [0.05, 0.1) is 13.7 Å². The molecule has 1 aliphatic heterocycles. The average Bonchev–Trinajstić information content (AvgIpc) is 3.23. The Hall–Kier alpha value is -1.55. The number of nitrogens with zero attached hydrogens (tertiary/aromatic N) is 1. The van der Waals surface area contributed by atoms with Crippen LogP contribution in [0.3, 0.4) is 0 Å². The Kier molecular flexibility index (Phi) is 3.92. The molecule has 4 heteroatoms. The number of benzene rings is 1. The van der Waals surface area contributed by atoms with Crippen LogP contribution in [0.4, 0.5) is 0 Å². The summed E-state index contributed by atoms with van der Waals surface area (Å²) in [6.07, 6.45) is 5.06. The van der Waals surface area contributed by atoms with Crippen LogP contribution in [0.5, 0.6) is 5.75 Å². The first-order valence-corrected chi connectivity index (χ1v) is 7.45. The van der Waals surface area contributed by atoms with E-state index in [2.05, 4.69) is 5.32 Å². The zero-order valence-electron chi connectivity index (χ0n) is 12.0. The molecule has 1 unspecified atom stereocenters. The predicted molar refractivity (Wildman–Crippen MR) is 77.4 cm³/mol. The van der Waals surface area contributed by atoms with Gasteiger partial charge >= 0.3 is 0 Å². The maximum absolute atomic E-state index is 12.1. The summed E-state index contributed by atoms with van der Waals surface area (Å²) in [7, 11) is 1.67. The summed E-state index contributed by atoms with van der Waals surface area (Å²) >= 11 is 0. The third kappa shape index (κ3) is 2.80. The van der Waals surface area contributed by atoms with Gasteiger partial charge in [-0.15, -0.1) is 0 Å². The molecule has 2 fully saturated rings. The van der Waals surface area contributed by atoms with Gasteiger partial charge in [-0.1, -0.05) is 31.0 Å². The quantitative estimate of drug-likeness (QED) is 0.865. The van der Waals surface area contributed by atoms with Crippen molar-refractivity contribution in [3.05, 3.63) is 29.8 Å². The molecule has 0 bridgehead atoms. The van der Waals surface area contributed by atoms with Crippen molar-refractivity contribution >= 4 is 5.91 Å². The van der Waals surface area contributed by atoms with Crippen LogP contribution in [0.25, 0.3) is 0 Å². The first-order valence-electron chi connectivity index (χ1n) is 7.45. The highest BCUT2D eigenvalue weighted by Crippen LogP contribution is 2.34. The molecule has 1 saturated heterocycles. The van der Waals surface area contributed by atoms with E-state index in [0.29, 0.717) is 6.54 Å². The molecule has 1 saturated carbocycles. The van der Waals surface area contributed by atoms with Crippen molar-refractivity contribution < 1.29 is 9.53 Å². The molecule has 0 radical (unpaired) electrons. The van der Waals surface area contributed by atoms with Crippen LogP contribution in [0, 0.1) is 5.92 Å². The summed E-state index contributed by atoms with van der Waals surface area (Å²) < 4.78 is 5.42. The molecule has 108 valence electrons. The molecule has 0 spiro atoms. The molecular weight excluding hydrogens is 252 g/mol. The highest BCUT2D eigenvalue weighted by Gasteiger charge is 2.33. The second-order valence-electron chi connectivity index (χ2n) is 5.70. The van der Waals surface area contributed by atoms with Gasteiger partial charge in [0.15, 0.2) is 0 Å². The molecule has 1 N–H and O–H groups in total. The third-order valence-electron chi connectivity index (χ3n) is 4.22. The van der Waals surface area contributed by atoms with Gasteiger partial charge in [0.2, 0.25) is 5.91 Å². The summed E-state index contributed by atoms with van der Waals surface area (Å²) in [4.78, 5) is 14.0. The predicted octanol–water partition coefficient (Wildman–Crippen LogP) is 2.32. The number of nitrogens with one attached hydrogen (secondary N) is 1. The van der Waals surface area contributed by atoms with Crippen molar-refractivity contribution in [1.82, 2.24) is 10.2 Å². The van der Waals surface area contributed by atoms with Gasteiger partial charge in [0.25, 0.3) is 0 Å². The number of hydrogen-bond acceptors (Lipinski definition) is 3. The van der Waals surface area contributed by atoms with Gasteiger partial charge in [0.1, 0.15) is 11.9 Å². The van der Waals surface area contributed by atoms with E-state index in [0.717, 1.165) is 30.2 Å². The molecule has 4 nitrogen and oxygen atoms in total. The van der Waals surface area contributed by atoms with Gasteiger partial charge in [-0.05, 0) is 24.8 Å². The van der Waals surface area contributed by atoms with Crippen LogP contribution >= 0.6 is 0 Å². The van der Waals surface area contributed by atoms with E-state index >= 15 is 0 Å². The van der Waals surface area contributed by atoms with E-state index in [1.54, 1.807) is 7.11 Å². The van der Waals surface area contributed by atoms with Crippen molar-refractivity contribution in [2.75, 3.05) is 20.2 Å². The molecule has 1 heterocycles. The number of hydrogen-bond donors (Lipinski definition) is 1. The number of ether oxygens (including phenoxy) is 1. The minimum Gasteiger partial charge on any atom is -0.496 e. The Bertz CT molecular complexity index is 485.